The molecule has 0 bridgehead atoms. The van der Waals surface area contributed by atoms with Crippen LogP contribution in [0.2, 0.25) is 0 Å². The number of hydrogen-bond acceptors (Lipinski definition) is 5. The molecule has 0 radical (unpaired) electrons. The zero-order chi connectivity index (χ0) is 21.4. The Morgan fingerprint density at radius 3 is 2.29 bits per heavy atom. The van der Waals surface area contributed by atoms with Crippen molar-refractivity contribution in [3.8, 4) is 38.8 Å². The first kappa shape index (κ1) is 19.9. The number of ether oxygens (including phenoxy) is 1. The molecule has 2 N–H and O–H groups in total. The van der Waals surface area contributed by atoms with Gasteiger partial charge in [0.15, 0.2) is 0 Å². The molecule has 4 aromatic rings. The van der Waals surface area contributed by atoms with Crippen molar-refractivity contribution < 1.29 is 14.9 Å². The molecule has 5 rings (SSSR count). The number of hydrogen-bond donors (Lipinski definition) is 2. The highest BCUT2D eigenvalue weighted by atomic mass is 32.1. The van der Waals surface area contributed by atoms with Crippen molar-refractivity contribution in [2.24, 2.45) is 0 Å². The van der Waals surface area contributed by atoms with E-state index < -0.39 is 0 Å². The number of thiophene rings is 1. The van der Waals surface area contributed by atoms with Crippen molar-refractivity contribution in [1.29, 1.82) is 0 Å². The summed E-state index contributed by atoms with van der Waals surface area (Å²) in [6, 6.07) is 21.1. The largest absolute Gasteiger partial charge is 0.508 e. The Morgan fingerprint density at radius 2 is 1.58 bits per heavy atom. The first-order valence-corrected chi connectivity index (χ1v) is 11.5. The third kappa shape index (κ3) is 3.99. The van der Waals surface area contributed by atoms with Crippen LogP contribution in [0.5, 0.6) is 17.2 Å². The summed E-state index contributed by atoms with van der Waals surface area (Å²) in [5, 5.41) is 20.8. The third-order valence-electron chi connectivity index (χ3n) is 5.71. The third-order valence-corrected chi connectivity index (χ3v) is 6.91. The predicted octanol–water partition coefficient (Wildman–Crippen LogP) is 6.12. The number of benzene rings is 3. The zero-order valence-electron chi connectivity index (χ0n) is 17.4. The van der Waals surface area contributed by atoms with Gasteiger partial charge in [0, 0.05) is 33.6 Å². The van der Waals surface area contributed by atoms with Crippen LogP contribution in [-0.4, -0.2) is 40.9 Å². The molecule has 0 unspecified atom stereocenters. The lowest BCUT2D eigenvalue weighted by molar-refractivity contribution is 0.0203. The van der Waals surface area contributed by atoms with Gasteiger partial charge in [-0.15, -0.1) is 11.3 Å². The van der Waals surface area contributed by atoms with Gasteiger partial charge in [0.25, 0.3) is 0 Å². The average Bonchev–Trinajstić information content (AvgIpc) is 3.12. The van der Waals surface area contributed by atoms with E-state index in [9.17, 15) is 10.2 Å². The summed E-state index contributed by atoms with van der Waals surface area (Å²) in [6.07, 6.45) is 1.45. The molecule has 1 saturated heterocycles. The highest BCUT2D eigenvalue weighted by molar-refractivity contribution is 7.23. The van der Waals surface area contributed by atoms with Crippen molar-refractivity contribution in [1.82, 2.24) is 4.90 Å². The molecule has 2 heterocycles. The Labute approximate surface area is 186 Å². The maximum atomic E-state index is 9.96. The van der Waals surface area contributed by atoms with E-state index in [0.29, 0.717) is 0 Å². The number of phenolic OH excluding ortho intramolecular Hbond substituents is 2. The summed E-state index contributed by atoms with van der Waals surface area (Å²) in [6.45, 7) is 5.34. The Bertz CT molecular complexity index is 1190. The van der Waals surface area contributed by atoms with E-state index in [2.05, 4.69) is 24.0 Å². The van der Waals surface area contributed by atoms with Gasteiger partial charge in [0.05, 0.1) is 0 Å². The van der Waals surface area contributed by atoms with Crippen molar-refractivity contribution in [2.75, 3.05) is 19.6 Å². The van der Waals surface area contributed by atoms with E-state index in [1.54, 1.807) is 29.5 Å². The van der Waals surface area contributed by atoms with E-state index in [1.165, 1.54) is 6.42 Å². The van der Waals surface area contributed by atoms with Crippen LogP contribution in [0.1, 0.15) is 13.3 Å². The number of rotatable bonds is 6. The van der Waals surface area contributed by atoms with Gasteiger partial charge in [-0.25, -0.2) is 0 Å². The van der Waals surface area contributed by atoms with E-state index in [0.717, 1.165) is 57.0 Å². The predicted molar refractivity (Wildman–Crippen MR) is 127 cm³/mol. The minimum absolute atomic E-state index is 0.249. The van der Waals surface area contributed by atoms with Crippen LogP contribution in [-0.2, 0) is 0 Å². The summed E-state index contributed by atoms with van der Waals surface area (Å²) in [5.41, 5.74) is 3.28. The molecule has 3 aromatic carbocycles. The number of likely N-dealkylation sites (tertiary alicyclic amines) is 1. The molecule has 31 heavy (non-hydrogen) atoms. The molecular weight excluding hydrogens is 406 g/mol. The van der Waals surface area contributed by atoms with Crippen LogP contribution in [0.3, 0.4) is 0 Å². The van der Waals surface area contributed by atoms with Gasteiger partial charge in [-0.1, -0.05) is 19.1 Å². The summed E-state index contributed by atoms with van der Waals surface area (Å²) in [5.74, 6) is 1.41. The second-order valence-electron chi connectivity index (χ2n) is 8.06. The molecule has 0 atom stereocenters. The van der Waals surface area contributed by atoms with Gasteiger partial charge in [-0.2, -0.15) is 0 Å². The van der Waals surface area contributed by atoms with Gasteiger partial charge < -0.3 is 14.9 Å². The maximum absolute atomic E-state index is 9.96. The van der Waals surface area contributed by atoms with Crippen LogP contribution in [0.15, 0.2) is 66.7 Å². The standard InChI is InChI=1S/C26H25NO3S/c1-2-13-27-15-22(16-27)30-21-10-5-17(6-11-21)25-23-12-9-20(29)14-24(23)31-26(25)18-3-7-19(28)8-4-18/h3-12,14,22,28-29H,2,13,15-16H2,1H3. The van der Waals surface area contributed by atoms with Crippen LogP contribution < -0.4 is 4.74 Å². The Hall–Kier alpha value is -3.02. The van der Waals surface area contributed by atoms with Crippen LogP contribution in [0, 0.1) is 0 Å². The van der Waals surface area contributed by atoms with Gasteiger partial charge in [-0.3, -0.25) is 4.90 Å². The molecular formula is C26H25NO3S. The van der Waals surface area contributed by atoms with Gasteiger partial charge in [0.2, 0.25) is 0 Å². The fourth-order valence-electron chi connectivity index (χ4n) is 4.18. The van der Waals surface area contributed by atoms with Crippen LogP contribution >= 0.6 is 11.3 Å². The Balaban J connectivity index is 1.47. The summed E-state index contributed by atoms with van der Waals surface area (Å²) in [4.78, 5) is 3.53. The molecule has 1 aliphatic rings. The molecule has 0 spiro atoms. The maximum Gasteiger partial charge on any atom is 0.124 e. The molecule has 5 heteroatoms. The van der Waals surface area contributed by atoms with E-state index in [-0.39, 0.29) is 17.6 Å². The lowest BCUT2D eigenvalue weighted by atomic mass is 9.98. The molecule has 4 nitrogen and oxygen atoms in total. The van der Waals surface area contributed by atoms with E-state index in [1.807, 2.05) is 36.4 Å². The highest BCUT2D eigenvalue weighted by Crippen LogP contribution is 2.46. The van der Waals surface area contributed by atoms with Crippen LogP contribution in [0.25, 0.3) is 31.7 Å². The van der Waals surface area contributed by atoms with Crippen molar-refractivity contribution in [2.45, 2.75) is 19.4 Å². The van der Waals surface area contributed by atoms with Crippen LogP contribution in [0.4, 0.5) is 0 Å². The smallest absolute Gasteiger partial charge is 0.124 e. The van der Waals surface area contributed by atoms with Gasteiger partial charge in [0.1, 0.15) is 23.4 Å². The van der Waals surface area contributed by atoms with Gasteiger partial charge >= 0.3 is 0 Å². The molecule has 1 aliphatic heterocycles. The summed E-state index contributed by atoms with van der Waals surface area (Å²) < 4.78 is 7.16. The van der Waals surface area contributed by atoms with E-state index >= 15 is 0 Å². The molecule has 0 amide bonds. The fraction of sp³-hybridized carbons (Fsp3) is 0.231. The molecule has 0 saturated carbocycles. The number of nitrogens with zero attached hydrogens (tertiary/aromatic N) is 1. The Morgan fingerprint density at radius 1 is 0.903 bits per heavy atom. The minimum Gasteiger partial charge on any atom is -0.508 e. The first-order chi connectivity index (χ1) is 15.1. The zero-order valence-corrected chi connectivity index (χ0v) is 18.2. The second kappa shape index (κ2) is 8.25. The number of phenols is 2. The molecule has 158 valence electrons. The molecule has 1 aromatic heterocycles. The normalized spacial score (nSPS) is 14.6. The summed E-state index contributed by atoms with van der Waals surface area (Å²) >= 11 is 1.65. The van der Waals surface area contributed by atoms with Gasteiger partial charge in [-0.05, 0) is 78.7 Å². The molecule has 0 aliphatic carbocycles. The summed E-state index contributed by atoms with van der Waals surface area (Å²) in [7, 11) is 0. The van der Waals surface area contributed by atoms with Crippen molar-refractivity contribution in [3.63, 3.8) is 0 Å². The highest BCUT2D eigenvalue weighted by Gasteiger charge is 2.27. The number of aromatic hydroxyl groups is 2. The first-order valence-electron chi connectivity index (χ1n) is 10.6. The fourth-order valence-corrected chi connectivity index (χ4v) is 5.44. The SMILES string of the molecule is CCCN1CC(Oc2ccc(-c3c(-c4ccc(O)cc4)sc4cc(O)ccc34)cc2)C1. The number of fused-ring (bicyclic) bond motifs is 1. The second-order valence-corrected chi connectivity index (χ2v) is 9.11. The minimum atomic E-state index is 0.249. The lowest BCUT2D eigenvalue weighted by Gasteiger charge is -2.38. The lowest BCUT2D eigenvalue weighted by Crippen LogP contribution is -2.53. The molecule has 1 fully saturated rings. The quantitative estimate of drug-likeness (QED) is 0.386. The van der Waals surface area contributed by atoms with Crippen molar-refractivity contribution in [3.05, 3.63) is 66.7 Å². The topological polar surface area (TPSA) is 52.9 Å². The monoisotopic (exact) mass is 431 g/mol. The average molecular weight is 432 g/mol. The van der Waals surface area contributed by atoms with E-state index in [4.69, 9.17) is 4.74 Å². The Kier molecular flexibility index (Phi) is 5.30. The van der Waals surface area contributed by atoms with Crippen molar-refractivity contribution >= 4 is 21.4 Å².